The number of nitrogens with zero attached hydrogens (tertiary/aromatic N) is 1. The number of carbonyl (C=O) groups is 1. The molecule has 0 spiro atoms. The molecule has 0 saturated heterocycles. The van der Waals surface area contributed by atoms with E-state index in [1.54, 1.807) is 6.26 Å². The third-order valence-electron chi connectivity index (χ3n) is 3.01. The van der Waals surface area contributed by atoms with Crippen LogP contribution in [0.25, 0.3) is 0 Å². The minimum absolute atomic E-state index is 0.0984. The number of carbonyl (C=O) groups excluding carboxylic acids is 1. The Balaban J connectivity index is 1.75. The fraction of sp³-hybridized carbons (Fsp3) is 0.583. The molecule has 0 aromatic carbocycles. The van der Waals surface area contributed by atoms with E-state index in [9.17, 15) is 4.79 Å². The smallest absolute Gasteiger partial charge is 0.233 e. The largest absolute Gasteiger partial charge is 0.468 e. The summed E-state index contributed by atoms with van der Waals surface area (Å²) in [5, 5.41) is 0. The number of hydrogen-bond donors (Lipinski definition) is 2. The average Bonchev–Trinajstić information content (AvgIpc) is 3.06. The van der Waals surface area contributed by atoms with Crippen molar-refractivity contribution in [3.8, 4) is 0 Å². The summed E-state index contributed by atoms with van der Waals surface area (Å²) in [6, 6.07) is 4.56. The lowest BCUT2D eigenvalue weighted by Gasteiger charge is -2.20. The summed E-state index contributed by atoms with van der Waals surface area (Å²) in [4.78, 5) is 13.4. The van der Waals surface area contributed by atoms with E-state index in [4.69, 9.17) is 10.3 Å². The maximum Gasteiger partial charge on any atom is 0.233 e. The molecule has 1 aliphatic carbocycles. The Kier molecular flexibility index (Phi) is 4.17. The van der Waals surface area contributed by atoms with Gasteiger partial charge in [-0.15, -0.1) is 0 Å². The van der Waals surface area contributed by atoms with Gasteiger partial charge in [0.1, 0.15) is 5.76 Å². The van der Waals surface area contributed by atoms with Crippen molar-refractivity contribution in [3.63, 3.8) is 0 Å². The van der Waals surface area contributed by atoms with Crippen LogP contribution >= 0.6 is 0 Å². The molecular weight excluding hydrogens is 218 g/mol. The van der Waals surface area contributed by atoms with Gasteiger partial charge < -0.3 is 4.42 Å². The lowest BCUT2D eigenvalue weighted by Crippen LogP contribution is -2.32. The highest BCUT2D eigenvalue weighted by molar-refractivity contribution is 5.75. The maximum atomic E-state index is 11.0. The van der Waals surface area contributed by atoms with Gasteiger partial charge in [0.25, 0.3) is 0 Å². The van der Waals surface area contributed by atoms with Gasteiger partial charge in [-0.1, -0.05) is 0 Å². The first-order valence-corrected chi connectivity index (χ1v) is 6.05. The highest BCUT2D eigenvalue weighted by Crippen LogP contribution is 2.28. The molecule has 5 nitrogen and oxygen atoms in total. The Labute approximate surface area is 101 Å². The molecule has 3 N–H and O–H groups in total. The molecule has 0 unspecified atom stereocenters. The van der Waals surface area contributed by atoms with Gasteiger partial charge in [-0.05, 0) is 37.9 Å². The fourth-order valence-corrected chi connectivity index (χ4v) is 1.95. The Morgan fingerprint density at radius 1 is 1.59 bits per heavy atom. The predicted octanol–water partition coefficient (Wildman–Crippen LogP) is 1.01. The highest BCUT2D eigenvalue weighted by atomic mass is 16.3. The van der Waals surface area contributed by atoms with Gasteiger partial charge in [0.15, 0.2) is 0 Å². The summed E-state index contributed by atoms with van der Waals surface area (Å²) < 4.78 is 5.35. The first-order chi connectivity index (χ1) is 8.29. The van der Waals surface area contributed by atoms with E-state index in [2.05, 4.69) is 10.3 Å². The van der Waals surface area contributed by atoms with E-state index in [1.807, 2.05) is 12.1 Å². The van der Waals surface area contributed by atoms with Crippen LogP contribution in [0.5, 0.6) is 0 Å². The fourth-order valence-electron chi connectivity index (χ4n) is 1.95. The monoisotopic (exact) mass is 237 g/mol. The first kappa shape index (κ1) is 12.1. The van der Waals surface area contributed by atoms with Gasteiger partial charge in [0, 0.05) is 12.5 Å². The second-order valence-corrected chi connectivity index (χ2v) is 4.45. The minimum Gasteiger partial charge on any atom is -0.468 e. The van der Waals surface area contributed by atoms with Gasteiger partial charge >= 0.3 is 0 Å². The van der Waals surface area contributed by atoms with Crippen LogP contribution in [0.15, 0.2) is 22.8 Å². The van der Waals surface area contributed by atoms with E-state index in [0.717, 1.165) is 25.3 Å². The molecule has 1 aliphatic rings. The zero-order valence-electron chi connectivity index (χ0n) is 9.89. The minimum atomic E-state index is -0.0984. The quantitative estimate of drug-likeness (QED) is 0.422. The molecule has 1 saturated carbocycles. The van der Waals surface area contributed by atoms with E-state index >= 15 is 0 Å². The molecule has 0 aliphatic heterocycles. The Bertz CT molecular complexity index is 347. The van der Waals surface area contributed by atoms with Crippen molar-refractivity contribution >= 4 is 5.91 Å². The number of nitrogens with one attached hydrogen (secondary N) is 1. The SMILES string of the molecule is NNC(=O)CCCN(Cc1ccco1)C1CC1. The Hall–Kier alpha value is -1.33. The molecule has 0 atom stereocenters. The van der Waals surface area contributed by atoms with Gasteiger partial charge in [0.05, 0.1) is 12.8 Å². The van der Waals surface area contributed by atoms with Gasteiger partial charge in [-0.25, -0.2) is 5.84 Å². The number of nitrogens with two attached hydrogens (primary N) is 1. The standard InChI is InChI=1S/C12H19N3O2/c13-14-12(16)4-1-7-15(10-5-6-10)9-11-3-2-8-17-11/h2-3,8,10H,1,4-7,9,13H2,(H,14,16). The number of hydrazine groups is 1. The molecule has 94 valence electrons. The molecular formula is C12H19N3O2. The maximum absolute atomic E-state index is 11.0. The molecule has 1 aromatic rings. The van der Waals surface area contributed by atoms with Crippen molar-refractivity contribution in [1.82, 2.24) is 10.3 Å². The predicted molar refractivity (Wildman–Crippen MR) is 63.7 cm³/mol. The van der Waals surface area contributed by atoms with Crippen LogP contribution in [0.3, 0.4) is 0 Å². The summed E-state index contributed by atoms with van der Waals surface area (Å²) in [5.41, 5.74) is 2.15. The van der Waals surface area contributed by atoms with Gasteiger partial charge in [-0.2, -0.15) is 0 Å². The molecule has 0 bridgehead atoms. The van der Waals surface area contributed by atoms with Crippen molar-refractivity contribution in [3.05, 3.63) is 24.2 Å². The van der Waals surface area contributed by atoms with Crippen LogP contribution in [0.4, 0.5) is 0 Å². The van der Waals surface area contributed by atoms with Crippen molar-refractivity contribution in [2.45, 2.75) is 38.3 Å². The molecule has 0 radical (unpaired) electrons. The Morgan fingerprint density at radius 2 is 2.41 bits per heavy atom. The van der Waals surface area contributed by atoms with E-state index < -0.39 is 0 Å². The van der Waals surface area contributed by atoms with Crippen LogP contribution < -0.4 is 11.3 Å². The summed E-state index contributed by atoms with van der Waals surface area (Å²) in [7, 11) is 0. The molecule has 1 fully saturated rings. The van der Waals surface area contributed by atoms with Crippen LogP contribution in [-0.2, 0) is 11.3 Å². The summed E-state index contributed by atoms with van der Waals surface area (Å²) in [6.07, 6.45) is 5.52. The normalized spacial score (nSPS) is 15.2. The van der Waals surface area contributed by atoms with Crippen LogP contribution in [0.2, 0.25) is 0 Å². The first-order valence-electron chi connectivity index (χ1n) is 6.05. The number of rotatable bonds is 7. The van der Waals surface area contributed by atoms with Crippen molar-refractivity contribution < 1.29 is 9.21 Å². The van der Waals surface area contributed by atoms with Crippen LogP contribution in [-0.4, -0.2) is 23.4 Å². The van der Waals surface area contributed by atoms with E-state index in [0.29, 0.717) is 12.5 Å². The molecule has 1 heterocycles. The second kappa shape index (κ2) is 5.84. The number of amides is 1. The summed E-state index contributed by atoms with van der Waals surface area (Å²) in [5.74, 6) is 5.93. The molecule has 2 rings (SSSR count). The zero-order valence-corrected chi connectivity index (χ0v) is 9.89. The second-order valence-electron chi connectivity index (χ2n) is 4.45. The third-order valence-corrected chi connectivity index (χ3v) is 3.01. The summed E-state index contributed by atoms with van der Waals surface area (Å²) in [6.45, 7) is 1.75. The lowest BCUT2D eigenvalue weighted by atomic mass is 10.2. The van der Waals surface area contributed by atoms with E-state index in [-0.39, 0.29) is 5.91 Å². The lowest BCUT2D eigenvalue weighted by molar-refractivity contribution is -0.121. The zero-order chi connectivity index (χ0) is 12.1. The van der Waals surface area contributed by atoms with Crippen molar-refractivity contribution in [2.24, 2.45) is 5.84 Å². The van der Waals surface area contributed by atoms with Gasteiger partial charge in [-0.3, -0.25) is 15.1 Å². The highest BCUT2D eigenvalue weighted by Gasteiger charge is 2.29. The Morgan fingerprint density at radius 3 is 3.00 bits per heavy atom. The molecule has 5 heteroatoms. The molecule has 1 aromatic heterocycles. The topological polar surface area (TPSA) is 71.5 Å². The van der Waals surface area contributed by atoms with E-state index in [1.165, 1.54) is 12.8 Å². The molecule has 17 heavy (non-hydrogen) atoms. The van der Waals surface area contributed by atoms with Crippen LogP contribution in [0.1, 0.15) is 31.4 Å². The number of furan rings is 1. The van der Waals surface area contributed by atoms with Gasteiger partial charge in [0.2, 0.25) is 5.91 Å². The van der Waals surface area contributed by atoms with Crippen molar-refractivity contribution in [2.75, 3.05) is 6.54 Å². The third kappa shape index (κ3) is 3.87. The number of hydrogen-bond acceptors (Lipinski definition) is 4. The van der Waals surface area contributed by atoms with Crippen molar-refractivity contribution in [1.29, 1.82) is 0 Å². The van der Waals surface area contributed by atoms with Crippen LogP contribution in [0, 0.1) is 0 Å². The average molecular weight is 237 g/mol. The summed E-state index contributed by atoms with van der Waals surface area (Å²) >= 11 is 0. The molecule has 1 amide bonds.